The summed E-state index contributed by atoms with van der Waals surface area (Å²) in [5, 5.41) is 13.6. The van der Waals surface area contributed by atoms with E-state index < -0.39 is 12.0 Å². The van der Waals surface area contributed by atoms with Crippen molar-refractivity contribution in [3.05, 3.63) is 93.5 Å². The van der Waals surface area contributed by atoms with Crippen molar-refractivity contribution in [2.24, 2.45) is 0 Å². The van der Waals surface area contributed by atoms with E-state index in [0.29, 0.717) is 27.0 Å². The number of para-hydroxylation sites is 1. The van der Waals surface area contributed by atoms with Crippen LogP contribution in [0.2, 0.25) is 10.0 Å². The quantitative estimate of drug-likeness (QED) is 0.486. The van der Waals surface area contributed by atoms with Crippen molar-refractivity contribution < 1.29 is 9.53 Å². The number of nitrogens with zero attached hydrogens (tertiary/aromatic N) is 1. The molecule has 0 aliphatic heterocycles. The maximum absolute atomic E-state index is 12.6. The maximum atomic E-state index is 12.6. The molecular weight excluding hydrogens is 419 g/mol. The summed E-state index contributed by atoms with van der Waals surface area (Å²) >= 11 is 12.4. The van der Waals surface area contributed by atoms with Gasteiger partial charge in [0.15, 0.2) is 6.10 Å². The molecule has 30 heavy (non-hydrogen) atoms. The van der Waals surface area contributed by atoms with Crippen LogP contribution in [0.1, 0.15) is 29.5 Å². The summed E-state index contributed by atoms with van der Waals surface area (Å²) in [5.41, 5.74) is 2.84. The van der Waals surface area contributed by atoms with Crippen LogP contribution >= 0.6 is 23.2 Å². The molecule has 0 heterocycles. The molecule has 3 rings (SSSR count). The molecule has 6 heteroatoms. The lowest BCUT2D eigenvalue weighted by molar-refractivity contribution is -0.122. The van der Waals surface area contributed by atoms with Gasteiger partial charge in [-0.1, -0.05) is 59.6 Å². The minimum Gasteiger partial charge on any atom is -0.481 e. The number of hydrogen-bond donors (Lipinski definition) is 1. The van der Waals surface area contributed by atoms with Crippen LogP contribution < -0.4 is 10.1 Å². The normalized spacial score (nSPS) is 12.5. The molecule has 0 aliphatic rings. The summed E-state index contributed by atoms with van der Waals surface area (Å²) < 4.78 is 5.67. The predicted molar refractivity (Wildman–Crippen MR) is 120 cm³/mol. The van der Waals surface area contributed by atoms with Crippen molar-refractivity contribution in [1.82, 2.24) is 0 Å². The number of benzene rings is 3. The van der Waals surface area contributed by atoms with Crippen LogP contribution in [0.15, 0.2) is 66.7 Å². The molecule has 0 spiro atoms. The fourth-order valence-electron chi connectivity index (χ4n) is 3.03. The second kappa shape index (κ2) is 9.67. The Morgan fingerprint density at radius 3 is 2.37 bits per heavy atom. The minimum atomic E-state index is -0.689. The van der Waals surface area contributed by atoms with Gasteiger partial charge in [-0.2, -0.15) is 5.26 Å². The van der Waals surface area contributed by atoms with E-state index in [2.05, 4.69) is 11.4 Å². The highest BCUT2D eigenvalue weighted by atomic mass is 35.5. The molecule has 0 unspecified atom stereocenters. The Morgan fingerprint density at radius 1 is 1.07 bits per heavy atom. The third kappa shape index (κ3) is 5.13. The van der Waals surface area contributed by atoms with Crippen molar-refractivity contribution >= 4 is 34.8 Å². The molecule has 0 saturated carbocycles. The van der Waals surface area contributed by atoms with Crippen molar-refractivity contribution in [1.29, 1.82) is 5.26 Å². The number of ether oxygens (including phenoxy) is 1. The van der Waals surface area contributed by atoms with Gasteiger partial charge in [0.1, 0.15) is 5.75 Å². The highest BCUT2D eigenvalue weighted by Crippen LogP contribution is 2.34. The highest BCUT2D eigenvalue weighted by molar-refractivity contribution is 6.32. The van der Waals surface area contributed by atoms with Crippen LogP contribution in [-0.2, 0) is 4.79 Å². The molecule has 0 saturated heterocycles. The van der Waals surface area contributed by atoms with Crippen LogP contribution in [0.5, 0.6) is 5.75 Å². The number of amides is 1. The fourth-order valence-corrected chi connectivity index (χ4v) is 3.43. The molecule has 3 aromatic rings. The van der Waals surface area contributed by atoms with Gasteiger partial charge in [0.05, 0.1) is 12.0 Å². The number of carbonyl (C=O) groups excluding carboxylic acids is 1. The Balaban J connectivity index is 1.79. The molecule has 152 valence electrons. The molecule has 1 N–H and O–H groups in total. The summed E-state index contributed by atoms with van der Waals surface area (Å²) in [7, 11) is 0. The molecule has 0 radical (unpaired) electrons. The van der Waals surface area contributed by atoms with Gasteiger partial charge in [-0.15, -0.1) is 0 Å². The van der Waals surface area contributed by atoms with Crippen molar-refractivity contribution in [2.45, 2.75) is 25.9 Å². The first-order valence-corrected chi connectivity index (χ1v) is 10.1. The number of halogens is 2. The van der Waals surface area contributed by atoms with Crippen molar-refractivity contribution in [2.75, 3.05) is 5.32 Å². The molecule has 2 atom stereocenters. The topological polar surface area (TPSA) is 62.1 Å². The van der Waals surface area contributed by atoms with E-state index in [1.807, 2.05) is 31.2 Å². The van der Waals surface area contributed by atoms with Gasteiger partial charge >= 0.3 is 0 Å². The summed E-state index contributed by atoms with van der Waals surface area (Å²) in [6, 6.07) is 22.0. The molecule has 0 fully saturated rings. The van der Waals surface area contributed by atoms with Crippen LogP contribution in [0.25, 0.3) is 0 Å². The molecule has 0 bridgehead atoms. The van der Waals surface area contributed by atoms with Crippen LogP contribution in [0.3, 0.4) is 0 Å². The highest BCUT2D eigenvalue weighted by Gasteiger charge is 2.20. The van der Waals surface area contributed by atoms with Gasteiger partial charge in [-0.25, -0.2) is 0 Å². The molecule has 0 aliphatic carbocycles. The SMILES string of the molecule is Cc1cc([C@H](C#N)c2ccc(Cl)cc2)c(Cl)cc1NC(=O)[C@@H](C)Oc1ccccc1. The largest absolute Gasteiger partial charge is 0.481 e. The number of nitriles is 1. The number of carbonyl (C=O) groups is 1. The van der Waals surface area contributed by atoms with E-state index in [1.54, 1.807) is 49.4 Å². The number of anilines is 1. The lowest BCUT2D eigenvalue weighted by Crippen LogP contribution is -2.30. The van der Waals surface area contributed by atoms with Gasteiger partial charge in [0, 0.05) is 15.7 Å². The number of rotatable bonds is 6. The van der Waals surface area contributed by atoms with E-state index in [0.717, 1.165) is 11.1 Å². The number of hydrogen-bond acceptors (Lipinski definition) is 3. The fraction of sp³-hybridized carbons (Fsp3) is 0.167. The second-order valence-electron chi connectivity index (χ2n) is 6.86. The monoisotopic (exact) mass is 438 g/mol. The lowest BCUT2D eigenvalue weighted by atomic mass is 9.91. The molecule has 1 amide bonds. The number of aryl methyl sites for hydroxylation is 1. The standard InChI is InChI=1S/C24H20Cl2N2O2/c1-15-12-20(21(14-27)17-8-10-18(25)11-9-17)22(26)13-23(15)28-24(29)16(2)30-19-6-4-3-5-7-19/h3-13,16,21H,1-2H3,(H,28,29)/t16-,21-/m1/s1. The third-order valence-electron chi connectivity index (χ3n) is 4.67. The summed E-state index contributed by atoms with van der Waals surface area (Å²) in [6.07, 6.45) is -0.689. The third-order valence-corrected chi connectivity index (χ3v) is 5.25. The van der Waals surface area contributed by atoms with Crippen molar-refractivity contribution in [3.63, 3.8) is 0 Å². The van der Waals surface area contributed by atoms with E-state index in [1.165, 1.54) is 0 Å². The van der Waals surface area contributed by atoms with E-state index in [4.69, 9.17) is 27.9 Å². The number of nitrogens with one attached hydrogen (secondary N) is 1. The lowest BCUT2D eigenvalue weighted by Gasteiger charge is -2.18. The maximum Gasteiger partial charge on any atom is 0.265 e. The Morgan fingerprint density at radius 2 is 1.73 bits per heavy atom. The van der Waals surface area contributed by atoms with E-state index in [-0.39, 0.29) is 5.91 Å². The van der Waals surface area contributed by atoms with Crippen LogP contribution in [-0.4, -0.2) is 12.0 Å². The first-order valence-electron chi connectivity index (χ1n) is 9.36. The minimum absolute atomic E-state index is 0.291. The van der Waals surface area contributed by atoms with Crippen LogP contribution in [0, 0.1) is 18.3 Å². The average molecular weight is 439 g/mol. The zero-order valence-corrected chi connectivity index (χ0v) is 18.0. The smallest absolute Gasteiger partial charge is 0.265 e. The van der Waals surface area contributed by atoms with E-state index >= 15 is 0 Å². The summed E-state index contributed by atoms with van der Waals surface area (Å²) in [4.78, 5) is 12.6. The van der Waals surface area contributed by atoms with Gasteiger partial charge in [-0.05, 0) is 60.9 Å². The Hall–Kier alpha value is -3.00. The predicted octanol–water partition coefficient (Wildman–Crippen LogP) is 6.36. The van der Waals surface area contributed by atoms with E-state index in [9.17, 15) is 10.1 Å². The summed E-state index contributed by atoms with van der Waals surface area (Å²) in [6.45, 7) is 3.54. The Labute approximate surface area is 186 Å². The van der Waals surface area contributed by atoms with Crippen LogP contribution in [0.4, 0.5) is 5.69 Å². The Kier molecular flexibility index (Phi) is 6.99. The average Bonchev–Trinajstić information content (AvgIpc) is 2.74. The molecule has 4 nitrogen and oxygen atoms in total. The second-order valence-corrected chi connectivity index (χ2v) is 7.71. The molecule has 3 aromatic carbocycles. The van der Waals surface area contributed by atoms with Gasteiger partial charge < -0.3 is 10.1 Å². The Bertz CT molecular complexity index is 1080. The van der Waals surface area contributed by atoms with Gasteiger partial charge in [0.25, 0.3) is 5.91 Å². The van der Waals surface area contributed by atoms with Gasteiger partial charge in [0.2, 0.25) is 0 Å². The van der Waals surface area contributed by atoms with Crippen molar-refractivity contribution in [3.8, 4) is 11.8 Å². The molecule has 0 aromatic heterocycles. The first kappa shape index (κ1) is 21.7. The zero-order valence-electron chi connectivity index (χ0n) is 16.5. The first-order chi connectivity index (χ1) is 14.4. The molecular formula is C24H20Cl2N2O2. The van der Waals surface area contributed by atoms with Gasteiger partial charge in [-0.3, -0.25) is 4.79 Å². The summed E-state index contributed by atoms with van der Waals surface area (Å²) in [5.74, 6) is -0.219. The zero-order chi connectivity index (χ0) is 21.7.